The number of hydrogen-bond acceptors (Lipinski definition) is 3. The number of halogens is 1. The van der Waals surface area contributed by atoms with E-state index in [2.05, 4.69) is 22.0 Å². The van der Waals surface area contributed by atoms with E-state index in [0.29, 0.717) is 6.04 Å². The van der Waals surface area contributed by atoms with E-state index in [1.54, 1.807) is 6.07 Å². The van der Waals surface area contributed by atoms with Gasteiger partial charge in [-0.2, -0.15) is 0 Å². The van der Waals surface area contributed by atoms with Crippen molar-refractivity contribution < 1.29 is 4.39 Å². The van der Waals surface area contributed by atoms with Gasteiger partial charge in [-0.3, -0.25) is 0 Å². The minimum Gasteiger partial charge on any atom is -0.382 e. The first-order valence-electron chi connectivity index (χ1n) is 7.29. The third-order valence-electron chi connectivity index (χ3n) is 4.05. The summed E-state index contributed by atoms with van der Waals surface area (Å²) in [6, 6.07) is 6.01. The Hall–Kier alpha value is -1.29. The Labute approximate surface area is 114 Å². The second kappa shape index (κ2) is 5.37. The summed E-state index contributed by atoms with van der Waals surface area (Å²) in [6.45, 7) is 7.14. The van der Waals surface area contributed by atoms with Gasteiger partial charge in [0.05, 0.1) is 5.69 Å². The van der Waals surface area contributed by atoms with Crippen LogP contribution in [0.3, 0.4) is 0 Å². The van der Waals surface area contributed by atoms with E-state index in [0.717, 1.165) is 44.1 Å². The van der Waals surface area contributed by atoms with Crippen molar-refractivity contribution in [1.29, 1.82) is 0 Å². The van der Waals surface area contributed by atoms with Crippen LogP contribution in [-0.2, 0) is 0 Å². The molecule has 1 aliphatic carbocycles. The molecule has 1 aromatic carbocycles. The quantitative estimate of drug-likeness (QED) is 0.900. The van der Waals surface area contributed by atoms with Crippen LogP contribution in [0.25, 0.3) is 0 Å². The molecule has 2 aliphatic rings. The lowest BCUT2D eigenvalue weighted by molar-refractivity contribution is 0.270. The fraction of sp³-hybridized carbons (Fsp3) is 0.600. The van der Waals surface area contributed by atoms with Crippen molar-refractivity contribution in [2.24, 2.45) is 0 Å². The Kier molecular flexibility index (Phi) is 3.60. The molecule has 0 amide bonds. The predicted molar refractivity (Wildman–Crippen MR) is 77.4 cm³/mol. The zero-order valence-electron chi connectivity index (χ0n) is 11.5. The van der Waals surface area contributed by atoms with E-state index < -0.39 is 0 Å². The normalized spacial score (nSPS) is 20.6. The van der Waals surface area contributed by atoms with Crippen LogP contribution in [0.5, 0.6) is 0 Å². The van der Waals surface area contributed by atoms with E-state index >= 15 is 0 Å². The number of benzene rings is 1. The molecule has 104 valence electrons. The smallest absolute Gasteiger partial charge is 0.146 e. The standard InChI is InChI=1S/C15H22FN3/c1-2-18-7-9-19(10-8-18)15-11-13(5-6-14(15)16)17-12-3-4-12/h5-6,11-12,17H,2-4,7-10H2,1H3. The highest BCUT2D eigenvalue weighted by atomic mass is 19.1. The fourth-order valence-electron chi connectivity index (χ4n) is 2.61. The molecule has 1 N–H and O–H groups in total. The minimum atomic E-state index is -0.105. The molecular formula is C15H22FN3. The summed E-state index contributed by atoms with van der Waals surface area (Å²) < 4.78 is 14.0. The molecule has 1 saturated heterocycles. The van der Waals surface area contributed by atoms with Gasteiger partial charge >= 0.3 is 0 Å². The molecule has 0 unspecified atom stereocenters. The van der Waals surface area contributed by atoms with Gasteiger partial charge in [-0.05, 0) is 37.6 Å². The van der Waals surface area contributed by atoms with Gasteiger partial charge in [-0.25, -0.2) is 4.39 Å². The van der Waals surface area contributed by atoms with Gasteiger partial charge in [0.1, 0.15) is 5.82 Å². The number of hydrogen-bond donors (Lipinski definition) is 1. The lowest BCUT2D eigenvalue weighted by Gasteiger charge is -2.35. The van der Waals surface area contributed by atoms with Gasteiger partial charge in [-0.15, -0.1) is 0 Å². The summed E-state index contributed by atoms with van der Waals surface area (Å²) in [7, 11) is 0. The van der Waals surface area contributed by atoms with Crippen molar-refractivity contribution >= 4 is 11.4 Å². The zero-order chi connectivity index (χ0) is 13.2. The molecule has 1 aromatic rings. The molecule has 1 aliphatic heterocycles. The third kappa shape index (κ3) is 3.00. The maximum absolute atomic E-state index is 14.0. The summed E-state index contributed by atoms with van der Waals surface area (Å²) >= 11 is 0. The first-order valence-corrected chi connectivity index (χ1v) is 7.29. The summed E-state index contributed by atoms with van der Waals surface area (Å²) in [5, 5.41) is 3.44. The van der Waals surface area contributed by atoms with Crippen LogP contribution >= 0.6 is 0 Å². The van der Waals surface area contributed by atoms with Crippen molar-refractivity contribution in [2.75, 3.05) is 42.9 Å². The molecule has 1 saturated carbocycles. The van der Waals surface area contributed by atoms with E-state index in [4.69, 9.17) is 0 Å². The first-order chi connectivity index (χ1) is 9.26. The van der Waals surface area contributed by atoms with Gasteiger partial charge < -0.3 is 15.1 Å². The van der Waals surface area contributed by atoms with Crippen LogP contribution in [0.15, 0.2) is 18.2 Å². The maximum atomic E-state index is 14.0. The number of nitrogens with zero attached hydrogens (tertiary/aromatic N) is 2. The average Bonchev–Trinajstić information content (AvgIpc) is 3.25. The lowest BCUT2D eigenvalue weighted by atomic mass is 10.2. The van der Waals surface area contributed by atoms with Crippen LogP contribution in [0.4, 0.5) is 15.8 Å². The van der Waals surface area contributed by atoms with Crippen molar-refractivity contribution in [3.8, 4) is 0 Å². The predicted octanol–water partition coefficient (Wildman–Crippen LogP) is 2.54. The Morgan fingerprint density at radius 3 is 2.58 bits per heavy atom. The van der Waals surface area contributed by atoms with Crippen molar-refractivity contribution in [3.05, 3.63) is 24.0 Å². The summed E-state index contributed by atoms with van der Waals surface area (Å²) in [6.07, 6.45) is 2.48. The molecule has 1 heterocycles. The van der Waals surface area contributed by atoms with E-state index in [1.165, 1.54) is 12.8 Å². The van der Waals surface area contributed by atoms with Gasteiger partial charge in [-0.1, -0.05) is 6.92 Å². The zero-order valence-corrected chi connectivity index (χ0v) is 11.5. The number of nitrogens with one attached hydrogen (secondary N) is 1. The van der Waals surface area contributed by atoms with E-state index in [-0.39, 0.29) is 5.82 Å². The molecule has 3 rings (SSSR count). The van der Waals surface area contributed by atoms with Crippen LogP contribution in [0.1, 0.15) is 19.8 Å². The number of rotatable bonds is 4. The highest BCUT2D eigenvalue weighted by molar-refractivity contribution is 5.60. The van der Waals surface area contributed by atoms with Crippen LogP contribution in [0.2, 0.25) is 0 Å². The molecule has 0 aromatic heterocycles. The van der Waals surface area contributed by atoms with Gasteiger partial charge in [0, 0.05) is 37.9 Å². The number of anilines is 2. The second-order valence-corrected chi connectivity index (χ2v) is 5.51. The van der Waals surface area contributed by atoms with Crippen LogP contribution in [-0.4, -0.2) is 43.7 Å². The topological polar surface area (TPSA) is 18.5 Å². The van der Waals surface area contributed by atoms with Crippen molar-refractivity contribution in [1.82, 2.24) is 4.90 Å². The highest BCUT2D eigenvalue weighted by Gasteiger charge is 2.22. The number of likely N-dealkylation sites (N-methyl/N-ethyl adjacent to an activating group) is 1. The average molecular weight is 263 g/mol. The van der Waals surface area contributed by atoms with Crippen molar-refractivity contribution in [3.63, 3.8) is 0 Å². The third-order valence-corrected chi connectivity index (χ3v) is 4.05. The molecule has 3 nitrogen and oxygen atoms in total. The number of piperazine rings is 1. The molecule has 19 heavy (non-hydrogen) atoms. The monoisotopic (exact) mass is 263 g/mol. The first kappa shape index (κ1) is 12.7. The minimum absolute atomic E-state index is 0.105. The van der Waals surface area contributed by atoms with Crippen molar-refractivity contribution in [2.45, 2.75) is 25.8 Å². The summed E-state index contributed by atoms with van der Waals surface area (Å²) in [5.41, 5.74) is 1.80. The Morgan fingerprint density at radius 2 is 1.95 bits per heavy atom. The van der Waals surface area contributed by atoms with Gasteiger partial charge in [0.2, 0.25) is 0 Å². The van der Waals surface area contributed by atoms with E-state index in [1.807, 2.05) is 12.1 Å². The molecule has 0 spiro atoms. The molecule has 0 radical (unpaired) electrons. The Balaban J connectivity index is 1.71. The maximum Gasteiger partial charge on any atom is 0.146 e. The summed E-state index contributed by atoms with van der Waals surface area (Å²) in [5.74, 6) is -0.105. The molecule has 0 atom stereocenters. The second-order valence-electron chi connectivity index (χ2n) is 5.51. The van der Waals surface area contributed by atoms with Crippen LogP contribution < -0.4 is 10.2 Å². The van der Waals surface area contributed by atoms with Gasteiger partial charge in [0.15, 0.2) is 0 Å². The van der Waals surface area contributed by atoms with E-state index in [9.17, 15) is 4.39 Å². The Morgan fingerprint density at radius 1 is 1.21 bits per heavy atom. The molecular weight excluding hydrogens is 241 g/mol. The fourth-order valence-corrected chi connectivity index (χ4v) is 2.61. The molecule has 4 heteroatoms. The summed E-state index contributed by atoms with van der Waals surface area (Å²) in [4.78, 5) is 4.57. The Bertz CT molecular complexity index is 437. The lowest BCUT2D eigenvalue weighted by Crippen LogP contribution is -2.46. The molecule has 2 fully saturated rings. The highest BCUT2D eigenvalue weighted by Crippen LogP contribution is 2.29. The largest absolute Gasteiger partial charge is 0.382 e. The van der Waals surface area contributed by atoms with Gasteiger partial charge in [0.25, 0.3) is 0 Å². The van der Waals surface area contributed by atoms with Crippen LogP contribution in [0, 0.1) is 5.82 Å². The SMILES string of the molecule is CCN1CCN(c2cc(NC3CC3)ccc2F)CC1. The molecule has 0 bridgehead atoms.